The van der Waals surface area contributed by atoms with Crippen molar-refractivity contribution in [2.75, 3.05) is 33.9 Å². The van der Waals surface area contributed by atoms with Gasteiger partial charge < -0.3 is 14.6 Å². The van der Waals surface area contributed by atoms with Gasteiger partial charge in [-0.25, -0.2) is 12.7 Å². The van der Waals surface area contributed by atoms with E-state index in [0.717, 1.165) is 18.7 Å². The van der Waals surface area contributed by atoms with Crippen LogP contribution in [-0.4, -0.2) is 51.1 Å². The van der Waals surface area contributed by atoms with Crippen molar-refractivity contribution in [1.29, 1.82) is 0 Å². The average Bonchev–Trinajstić information content (AvgIpc) is 2.81. The normalized spacial score (nSPS) is 12.2. The molecule has 1 N–H and O–H groups in total. The van der Waals surface area contributed by atoms with Gasteiger partial charge in [0.1, 0.15) is 4.90 Å². The molecule has 0 aliphatic rings. The molecule has 0 saturated carbocycles. The molecular formula is C14H27N3O3S. The molecule has 0 fully saturated rings. The van der Waals surface area contributed by atoms with Crippen LogP contribution in [0.5, 0.6) is 0 Å². The molecule has 0 radical (unpaired) electrons. The van der Waals surface area contributed by atoms with E-state index in [9.17, 15) is 8.42 Å². The van der Waals surface area contributed by atoms with Crippen LogP contribution >= 0.6 is 0 Å². The maximum atomic E-state index is 12.5. The van der Waals surface area contributed by atoms with Gasteiger partial charge in [0.05, 0.1) is 0 Å². The summed E-state index contributed by atoms with van der Waals surface area (Å²) in [6, 6.07) is 1.74. The number of aryl methyl sites for hydroxylation is 1. The molecule has 0 unspecified atom stereocenters. The first kappa shape index (κ1) is 18.2. The van der Waals surface area contributed by atoms with Crippen LogP contribution in [0.2, 0.25) is 0 Å². The predicted molar refractivity (Wildman–Crippen MR) is 83.7 cm³/mol. The summed E-state index contributed by atoms with van der Waals surface area (Å²) in [5.74, 6) is 0. The number of nitrogens with one attached hydrogen (secondary N) is 1. The van der Waals surface area contributed by atoms with Gasteiger partial charge >= 0.3 is 0 Å². The summed E-state index contributed by atoms with van der Waals surface area (Å²) in [6.07, 6.45) is 3.41. The monoisotopic (exact) mass is 317 g/mol. The lowest BCUT2D eigenvalue weighted by Crippen LogP contribution is -2.28. The number of rotatable bonds is 10. The third kappa shape index (κ3) is 5.10. The van der Waals surface area contributed by atoms with E-state index < -0.39 is 10.0 Å². The quantitative estimate of drug-likeness (QED) is 0.658. The van der Waals surface area contributed by atoms with Crippen LogP contribution < -0.4 is 5.32 Å². The zero-order chi connectivity index (χ0) is 15.9. The van der Waals surface area contributed by atoms with Crippen LogP contribution in [0.4, 0.5) is 0 Å². The summed E-state index contributed by atoms with van der Waals surface area (Å²) in [7, 11) is 1.66. The first-order valence-electron chi connectivity index (χ1n) is 7.24. The van der Waals surface area contributed by atoms with E-state index in [0.29, 0.717) is 31.0 Å². The van der Waals surface area contributed by atoms with Gasteiger partial charge in [-0.3, -0.25) is 0 Å². The fourth-order valence-electron chi connectivity index (χ4n) is 2.02. The van der Waals surface area contributed by atoms with E-state index in [-0.39, 0.29) is 0 Å². The van der Waals surface area contributed by atoms with Crippen LogP contribution in [0.15, 0.2) is 17.2 Å². The highest BCUT2D eigenvalue weighted by atomic mass is 32.2. The average molecular weight is 317 g/mol. The van der Waals surface area contributed by atoms with Crippen molar-refractivity contribution in [2.45, 2.75) is 31.2 Å². The second kappa shape index (κ2) is 8.53. The Balaban J connectivity index is 2.76. The van der Waals surface area contributed by atoms with E-state index in [4.69, 9.17) is 4.74 Å². The van der Waals surface area contributed by atoms with Crippen molar-refractivity contribution >= 4 is 10.0 Å². The molecule has 0 aromatic carbocycles. The molecule has 7 heteroatoms. The Morgan fingerprint density at radius 2 is 2.14 bits per heavy atom. The second-order valence-electron chi connectivity index (χ2n) is 5.13. The molecule has 6 nitrogen and oxygen atoms in total. The second-order valence-corrected chi connectivity index (χ2v) is 7.17. The summed E-state index contributed by atoms with van der Waals surface area (Å²) in [5.41, 5.74) is 0.965. The molecule has 1 rings (SSSR count). The molecule has 0 spiro atoms. The van der Waals surface area contributed by atoms with Crippen molar-refractivity contribution in [3.8, 4) is 0 Å². The Hall–Kier alpha value is -0.890. The Labute approximate surface area is 128 Å². The fraction of sp³-hybridized carbons (Fsp3) is 0.714. The van der Waals surface area contributed by atoms with Crippen LogP contribution in [0.3, 0.4) is 0 Å². The molecule has 122 valence electrons. The van der Waals surface area contributed by atoms with Crippen LogP contribution in [0, 0.1) is 0 Å². The van der Waals surface area contributed by atoms with Crippen molar-refractivity contribution in [1.82, 2.24) is 14.2 Å². The largest absolute Gasteiger partial charge is 0.385 e. The van der Waals surface area contributed by atoms with Gasteiger partial charge in [0, 0.05) is 52.8 Å². The SMILES string of the molecule is CCCNCc1cc(S(=O)(=O)N(C)CCCOC)cn1C. The Kier molecular flexibility index (Phi) is 7.37. The van der Waals surface area contributed by atoms with E-state index >= 15 is 0 Å². The number of aromatic nitrogens is 1. The smallest absolute Gasteiger partial charge is 0.244 e. The predicted octanol–water partition coefficient (Wildman–Crippen LogP) is 1.18. The maximum Gasteiger partial charge on any atom is 0.244 e. The number of methoxy groups -OCH3 is 1. The summed E-state index contributed by atoms with van der Waals surface area (Å²) in [4.78, 5) is 0.346. The van der Waals surface area contributed by atoms with E-state index in [1.54, 1.807) is 26.4 Å². The van der Waals surface area contributed by atoms with Gasteiger partial charge in [0.25, 0.3) is 0 Å². The van der Waals surface area contributed by atoms with Gasteiger partial charge in [-0.1, -0.05) is 6.92 Å². The molecule has 0 aliphatic carbocycles. The molecule has 0 bridgehead atoms. The lowest BCUT2D eigenvalue weighted by molar-refractivity contribution is 0.189. The van der Waals surface area contributed by atoms with Crippen molar-refractivity contribution in [3.63, 3.8) is 0 Å². The lowest BCUT2D eigenvalue weighted by atomic mass is 10.4. The number of ether oxygens (including phenoxy) is 1. The molecule has 1 heterocycles. The topological polar surface area (TPSA) is 63.6 Å². The van der Waals surface area contributed by atoms with Crippen molar-refractivity contribution in [3.05, 3.63) is 18.0 Å². The lowest BCUT2D eigenvalue weighted by Gasteiger charge is -2.15. The molecule has 21 heavy (non-hydrogen) atoms. The first-order valence-corrected chi connectivity index (χ1v) is 8.68. The highest BCUT2D eigenvalue weighted by molar-refractivity contribution is 7.89. The van der Waals surface area contributed by atoms with E-state index in [1.165, 1.54) is 4.31 Å². The highest BCUT2D eigenvalue weighted by Crippen LogP contribution is 2.17. The van der Waals surface area contributed by atoms with Gasteiger partial charge in [-0.2, -0.15) is 0 Å². The van der Waals surface area contributed by atoms with Crippen LogP contribution in [0.25, 0.3) is 0 Å². The zero-order valence-electron chi connectivity index (χ0n) is 13.4. The maximum absolute atomic E-state index is 12.5. The number of sulfonamides is 1. The molecule has 0 saturated heterocycles. The van der Waals surface area contributed by atoms with E-state index in [2.05, 4.69) is 12.2 Å². The summed E-state index contributed by atoms with van der Waals surface area (Å²) in [5, 5.41) is 3.28. The van der Waals surface area contributed by atoms with Crippen molar-refractivity contribution < 1.29 is 13.2 Å². The molecule has 1 aromatic heterocycles. The van der Waals surface area contributed by atoms with Gasteiger partial charge in [0.15, 0.2) is 0 Å². The third-order valence-electron chi connectivity index (χ3n) is 3.35. The van der Waals surface area contributed by atoms with Crippen LogP contribution in [0.1, 0.15) is 25.5 Å². The highest BCUT2D eigenvalue weighted by Gasteiger charge is 2.22. The summed E-state index contributed by atoms with van der Waals surface area (Å²) >= 11 is 0. The Morgan fingerprint density at radius 1 is 1.43 bits per heavy atom. The Bertz CT molecular complexity index is 526. The minimum Gasteiger partial charge on any atom is -0.385 e. The number of hydrogen-bond donors (Lipinski definition) is 1. The minimum absolute atomic E-state index is 0.346. The summed E-state index contributed by atoms with van der Waals surface area (Å²) < 4.78 is 33.1. The standard InChI is InChI=1S/C14H27N3O3S/c1-5-7-15-11-13-10-14(12-16(13)2)21(18,19)17(3)8-6-9-20-4/h10,12,15H,5-9,11H2,1-4H3. The van der Waals surface area contributed by atoms with Gasteiger partial charge in [-0.15, -0.1) is 0 Å². The molecular weight excluding hydrogens is 290 g/mol. The fourth-order valence-corrected chi connectivity index (χ4v) is 3.32. The van der Waals surface area contributed by atoms with Crippen LogP contribution in [-0.2, 0) is 28.4 Å². The van der Waals surface area contributed by atoms with Gasteiger partial charge in [0.2, 0.25) is 10.0 Å². The van der Waals surface area contributed by atoms with Crippen molar-refractivity contribution in [2.24, 2.45) is 7.05 Å². The number of nitrogens with zero attached hydrogens (tertiary/aromatic N) is 2. The molecule has 1 aromatic rings. The Morgan fingerprint density at radius 3 is 2.76 bits per heavy atom. The van der Waals surface area contributed by atoms with E-state index in [1.807, 2.05) is 11.6 Å². The first-order chi connectivity index (χ1) is 9.93. The molecule has 0 amide bonds. The minimum atomic E-state index is -3.42. The molecule has 0 aliphatic heterocycles. The summed E-state index contributed by atoms with van der Waals surface area (Å²) in [6.45, 7) is 4.70. The number of hydrogen-bond acceptors (Lipinski definition) is 4. The molecule has 0 atom stereocenters. The zero-order valence-corrected chi connectivity index (χ0v) is 14.2. The third-order valence-corrected chi connectivity index (χ3v) is 5.17. The van der Waals surface area contributed by atoms with Gasteiger partial charge in [-0.05, 0) is 25.5 Å².